The van der Waals surface area contributed by atoms with Crippen LogP contribution in [0.25, 0.3) is 0 Å². The van der Waals surface area contributed by atoms with E-state index < -0.39 is 17.8 Å². The number of anilines is 1. The molecule has 0 amide bonds. The average Bonchev–Trinajstić information content (AvgIpc) is 2.45. The molecule has 2 aromatic carbocycles. The third-order valence-electron chi connectivity index (χ3n) is 2.93. The maximum atomic E-state index is 13.1. The molecule has 2 aromatic rings. The lowest BCUT2D eigenvalue weighted by molar-refractivity contribution is -0.138. The maximum Gasteiger partial charge on any atom is 0.330 e. The molecule has 0 aliphatic heterocycles. The summed E-state index contributed by atoms with van der Waals surface area (Å²) >= 11 is 3.19. The third kappa shape index (κ3) is 3.52. The number of aliphatic carboxylic acids is 1. The van der Waals surface area contributed by atoms with Gasteiger partial charge >= 0.3 is 5.97 Å². The fraction of sp³-hybridized carbons (Fsp3) is 0.133. The van der Waals surface area contributed by atoms with Crippen molar-refractivity contribution in [1.29, 1.82) is 0 Å². The molecule has 0 saturated heterocycles. The lowest BCUT2D eigenvalue weighted by Crippen LogP contribution is -2.21. The molecule has 110 valence electrons. The van der Waals surface area contributed by atoms with Crippen molar-refractivity contribution in [3.63, 3.8) is 0 Å². The highest BCUT2D eigenvalue weighted by Crippen LogP contribution is 2.31. The zero-order valence-corrected chi connectivity index (χ0v) is 12.7. The molecule has 2 N–H and O–H groups in total. The highest BCUT2D eigenvalue weighted by molar-refractivity contribution is 9.10. The third-order valence-corrected chi connectivity index (χ3v) is 3.61. The summed E-state index contributed by atoms with van der Waals surface area (Å²) < 4.78 is 18.7. The van der Waals surface area contributed by atoms with E-state index in [9.17, 15) is 14.3 Å². The minimum absolute atomic E-state index is 0.386. The van der Waals surface area contributed by atoms with E-state index in [-0.39, 0.29) is 0 Å². The summed E-state index contributed by atoms with van der Waals surface area (Å²) in [6.45, 7) is 0. The number of hydrogen-bond acceptors (Lipinski definition) is 3. The Hall–Kier alpha value is -2.08. The van der Waals surface area contributed by atoms with Gasteiger partial charge in [0.05, 0.1) is 12.8 Å². The molecule has 0 aliphatic rings. The van der Waals surface area contributed by atoms with Crippen molar-refractivity contribution >= 4 is 27.6 Å². The van der Waals surface area contributed by atoms with Gasteiger partial charge in [0.2, 0.25) is 0 Å². The van der Waals surface area contributed by atoms with Crippen LogP contribution in [0.5, 0.6) is 5.75 Å². The topological polar surface area (TPSA) is 58.6 Å². The Bertz CT molecular complexity index is 663. The summed E-state index contributed by atoms with van der Waals surface area (Å²) in [7, 11) is 1.50. The zero-order valence-electron chi connectivity index (χ0n) is 11.1. The second-order valence-electron chi connectivity index (χ2n) is 4.28. The van der Waals surface area contributed by atoms with Gasteiger partial charge in [-0.3, -0.25) is 0 Å². The minimum atomic E-state index is -1.08. The number of carbonyl (C=O) groups is 1. The van der Waals surface area contributed by atoms with E-state index in [1.54, 1.807) is 24.3 Å². The van der Waals surface area contributed by atoms with Gasteiger partial charge in [-0.2, -0.15) is 0 Å². The summed E-state index contributed by atoms with van der Waals surface area (Å²) in [5.41, 5.74) is 0.971. The van der Waals surface area contributed by atoms with Crippen LogP contribution in [0, 0.1) is 5.82 Å². The van der Waals surface area contributed by atoms with Gasteiger partial charge in [-0.25, -0.2) is 9.18 Å². The lowest BCUT2D eigenvalue weighted by atomic mass is 10.1. The monoisotopic (exact) mass is 353 g/mol. The fourth-order valence-corrected chi connectivity index (χ4v) is 2.51. The number of nitrogens with one attached hydrogen (secondary N) is 1. The predicted octanol–water partition coefficient (Wildman–Crippen LogP) is 3.83. The molecular formula is C15H13BrFNO3. The van der Waals surface area contributed by atoms with Gasteiger partial charge in [-0.05, 0) is 29.8 Å². The number of ether oxygens (including phenoxy) is 1. The Morgan fingerprint density at radius 2 is 2.05 bits per heavy atom. The van der Waals surface area contributed by atoms with Crippen LogP contribution in [0.4, 0.5) is 10.1 Å². The molecule has 1 atom stereocenters. The van der Waals surface area contributed by atoms with Crippen LogP contribution in [0.2, 0.25) is 0 Å². The van der Waals surface area contributed by atoms with Crippen LogP contribution in [-0.4, -0.2) is 18.2 Å². The second kappa shape index (κ2) is 6.58. The van der Waals surface area contributed by atoms with Crippen molar-refractivity contribution in [2.24, 2.45) is 0 Å². The van der Waals surface area contributed by atoms with Crippen LogP contribution < -0.4 is 10.1 Å². The maximum absolute atomic E-state index is 13.1. The van der Waals surface area contributed by atoms with Crippen LogP contribution >= 0.6 is 15.9 Å². The van der Waals surface area contributed by atoms with Crippen LogP contribution in [0.1, 0.15) is 11.6 Å². The molecule has 0 saturated carbocycles. The molecule has 0 heterocycles. The molecule has 0 bridgehead atoms. The Kier molecular flexibility index (Phi) is 4.80. The Balaban J connectivity index is 2.38. The van der Waals surface area contributed by atoms with Gasteiger partial charge < -0.3 is 15.2 Å². The van der Waals surface area contributed by atoms with Gasteiger partial charge in [0.15, 0.2) is 6.04 Å². The molecule has 0 aromatic heterocycles. The molecule has 0 aliphatic carbocycles. The zero-order chi connectivity index (χ0) is 15.4. The number of halogens is 2. The van der Waals surface area contributed by atoms with Crippen LogP contribution in [0.3, 0.4) is 0 Å². The van der Waals surface area contributed by atoms with Crippen molar-refractivity contribution in [3.8, 4) is 5.75 Å². The van der Waals surface area contributed by atoms with Gasteiger partial charge in [-0.15, -0.1) is 0 Å². The summed E-state index contributed by atoms with van der Waals surface area (Å²) in [5.74, 6) is -0.984. The van der Waals surface area contributed by atoms with Crippen LogP contribution in [0.15, 0.2) is 46.9 Å². The Morgan fingerprint density at radius 3 is 2.67 bits per heavy atom. The molecule has 21 heavy (non-hydrogen) atoms. The summed E-state index contributed by atoms with van der Waals surface area (Å²) in [5, 5.41) is 12.3. The van der Waals surface area contributed by atoms with E-state index in [0.29, 0.717) is 21.5 Å². The first-order chi connectivity index (χ1) is 10.0. The number of hydrogen-bond donors (Lipinski definition) is 2. The number of benzene rings is 2. The van der Waals surface area contributed by atoms with Gasteiger partial charge in [0, 0.05) is 4.47 Å². The predicted molar refractivity (Wildman–Crippen MR) is 81.1 cm³/mol. The molecule has 0 fully saturated rings. The Labute approximate surface area is 129 Å². The number of carboxylic acid groups (broad SMARTS) is 1. The first kappa shape index (κ1) is 15.3. The van der Waals surface area contributed by atoms with Crippen molar-refractivity contribution in [3.05, 3.63) is 58.3 Å². The first-order valence-electron chi connectivity index (χ1n) is 6.10. The van der Waals surface area contributed by atoms with E-state index in [4.69, 9.17) is 4.74 Å². The number of methoxy groups -OCH3 is 1. The summed E-state index contributed by atoms with van der Waals surface area (Å²) in [6.07, 6.45) is 0. The standard InChI is InChI=1S/C15H13BrFNO3/c1-21-13-5-3-2-4-12(13)18-14(15(19)20)10-7-6-9(17)8-11(10)16/h2-8,14,18H,1H3,(H,19,20). The van der Waals surface area contributed by atoms with Crippen LogP contribution in [-0.2, 0) is 4.79 Å². The van der Waals surface area contributed by atoms with E-state index >= 15 is 0 Å². The summed E-state index contributed by atoms with van der Waals surface area (Å²) in [4.78, 5) is 11.5. The second-order valence-corrected chi connectivity index (χ2v) is 5.14. The van der Waals surface area contributed by atoms with Gasteiger partial charge in [0.1, 0.15) is 11.6 Å². The van der Waals surface area contributed by atoms with E-state index in [1.807, 2.05) is 0 Å². The van der Waals surface area contributed by atoms with E-state index in [1.165, 1.54) is 25.3 Å². The van der Waals surface area contributed by atoms with Gasteiger partial charge in [-0.1, -0.05) is 34.1 Å². The van der Waals surface area contributed by atoms with Crippen molar-refractivity contribution in [2.45, 2.75) is 6.04 Å². The average molecular weight is 354 g/mol. The number of rotatable bonds is 5. The summed E-state index contributed by atoms with van der Waals surface area (Å²) in [6, 6.07) is 9.84. The Morgan fingerprint density at radius 1 is 1.33 bits per heavy atom. The first-order valence-corrected chi connectivity index (χ1v) is 6.89. The molecular weight excluding hydrogens is 341 g/mol. The lowest BCUT2D eigenvalue weighted by Gasteiger charge is -2.19. The molecule has 4 nitrogen and oxygen atoms in total. The minimum Gasteiger partial charge on any atom is -0.495 e. The molecule has 1 unspecified atom stereocenters. The largest absolute Gasteiger partial charge is 0.495 e. The van der Waals surface area contributed by atoms with Gasteiger partial charge in [0.25, 0.3) is 0 Å². The molecule has 0 spiro atoms. The number of carboxylic acids is 1. The molecule has 2 rings (SSSR count). The molecule has 0 radical (unpaired) electrons. The number of para-hydroxylation sites is 2. The van der Waals surface area contributed by atoms with Crippen molar-refractivity contribution in [2.75, 3.05) is 12.4 Å². The SMILES string of the molecule is COc1ccccc1NC(C(=O)O)c1ccc(F)cc1Br. The van der Waals surface area contributed by atoms with E-state index in [0.717, 1.165) is 0 Å². The highest BCUT2D eigenvalue weighted by atomic mass is 79.9. The highest BCUT2D eigenvalue weighted by Gasteiger charge is 2.23. The smallest absolute Gasteiger partial charge is 0.330 e. The fourth-order valence-electron chi connectivity index (χ4n) is 1.93. The van der Waals surface area contributed by atoms with E-state index in [2.05, 4.69) is 21.2 Å². The normalized spacial score (nSPS) is 11.8. The quantitative estimate of drug-likeness (QED) is 0.857. The van der Waals surface area contributed by atoms with Crippen molar-refractivity contribution in [1.82, 2.24) is 0 Å². The molecule has 6 heteroatoms. The van der Waals surface area contributed by atoms with Crippen molar-refractivity contribution < 1.29 is 19.0 Å².